The summed E-state index contributed by atoms with van der Waals surface area (Å²) in [6, 6.07) is 4.82. The third-order valence-corrected chi connectivity index (χ3v) is 2.94. The average molecular weight is 293 g/mol. The van der Waals surface area contributed by atoms with Crippen LogP contribution in [0.2, 0.25) is 5.15 Å². The number of H-pyrrole nitrogens is 1. The van der Waals surface area contributed by atoms with Gasteiger partial charge in [-0.3, -0.25) is 0 Å². The highest BCUT2D eigenvalue weighted by molar-refractivity contribution is 6.29. The van der Waals surface area contributed by atoms with E-state index < -0.39 is 6.67 Å². The molecule has 2 heterocycles. The van der Waals surface area contributed by atoms with Crippen LogP contribution in [0.1, 0.15) is 11.4 Å². The molecule has 0 unspecified atom stereocenters. The average Bonchev–Trinajstić information content (AvgIpc) is 2.78. The highest BCUT2D eigenvalue weighted by Crippen LogP contribution is 2.28. The summed E-state index contributed by atoms with van der Waals surface area (Å²) in [5.41, 5.74) is 1.79. The molecule has 1 aromatic carbocycles. The molecule has 3 rings (SSSR count). The molecule has 0 spiro atoms. The summed E-state index contributed by atoms with van der Waals surface area (Å²) in [4.78, 5) is 15.0. The van der Waals surface area contributed by atoms with Gasteiger partial charge in [0.15, 0.2) is 0 Å². The minimum atomic E-state index is -0.622. The number of alkyl halides is 1. The molecule has 20 heavy (non-hydrogen) atoms. The Morgan fingerprint density at radius 3 is 2.90 bits per heavy atom. The highest BCUT2D eigenvalue weighted by Gasteiger charge is 2.10. The molecule has 0 saturated carbocycles. The van der Waals surface area contributed by atoms with Gasteiger partial charge in [0.05, 0.1) is 11.0 Å². The molecule has 0 bridgehead atoms. The molecule has 0 atom stereocenters. The van der Waals surface area contributed by atoms with Crippen molar-refractivity contribution in [1.29, 1.82) is 0 Å². The van der Waals surface area contributed by atoms with Crippen LogP contribution in [-0.4, -0.2) is 19.9 Å². The van der Waals surface area contributed by atoms with Gasteiger partial charge < -0.3 is 9.72 Å². The summed E-state index contributed by atoms with van der Waals surface area (Å²) in [6.07, 6.45) is 1.30. The minimum absolute atomic E-state index is 0.277. The zero-order valence-corrected chi connectivity index (χ0v) is 11.3. The number of aromatic amines is 1. The SMILES string of the molecule is Cc1nc2c(CF)cc(Oc3cc(Cl)ncn3)cc2[nH]1. The fourth-order valence-electron chi connectivity index (χ4n) is 1.94. The van der Waals surface area contributed by atoms with E-state index >= 15 is 0 Å². The molecule has 0 aliphatic heterocycles. The van der Waals surface area contributed by atoms with Crippen molar-refractivity contribution in [3.05, 3.63) is 41.1 Å². The van der Waals surface area contributed by atoms with Crippen LogP contribution in [-0.2, 0) is 6.67 Å². The Hall–Kier alpha value is -2.21. The first-order valence-electron chi connectivity index (χ1n) is 5.86. The minimum Gasteiger partial charge on any atom is -0.439 e. The third kappa shape index (κ3) is 2.42. The summed E-state index contributed by atoms with van der Waals surface area (Å²) in [5.74, 6) is 1.48. The molecular formula is C13H10ClFN4O. The van der Waals surface area contributed by atoms with Crippen molar-refractivity contribution in [1.82, 2.24) is 19.9 Å². The van der Waals surface area contributed by atoms with E-state index in [-0.39, 0.29) is 5.15 Å². The first-order valence-corrected chi connectivity index (χ1v) is 6.24. The fraction of sp³-hybridized carbons (Fsp3) is 0.154. The van der Waals surface area contributed by atoms with Crippen LogP contribution < -0.4 is 4.74 Å². The van der Waals surface area contributed by atoms with E-state index in [0.29, 0.717) is 28.2 Å². The molecular weight excluding hydrogens is 283 g/mol. The van der Waals surface area contributed by atoms with Gasteiger partial charge in [0.2, 0.25) is 5.88 Å². The molecule has 0 amide bonds. The Bertz CT molecular complexity index is 774. The van der Waals surface area contributed by atoms with Crippen LogP contribution >= 0.6 is 11.6 Å². The molecule has 0 aliphatic rings. The largest absolute Gasteiger partial charge is 0.439 e. The lowest BCUT2D eigenvalue weighted by Gasteiger charge is -2.06. The van der Waals surface area contributed by atoms with Gasteiger partial charge >= 0.3 is 0 Å². The molecule has 5 nitrogen and oxygen atoms in total. The van der Waals surface area contributed by atoms with Gasteiger partial charge in [-0.15, -0.1) is 0 Å². The second-order valence-corrected chi connectivity index (χ2v) is 4.60. The maximum atomic E-state index is 13.1. The van der Waals surface area contributed by atoms with Gasteiger partial charge in [-0.2, -0.15) is 0 Å². The van der Waals surface area contributed by atoms with Gasteiger partial charge in [-0.25, -0.2) is 19.3 Å². The van der Waals surface area contributed by atoms with E-state index in [1.54, 1.807) is 12.1 Å². The molecule has 102 valence electrons. The standard InChI is InChI=1S/C13H10ClFN4O/c1-7-18-10-3-9(2-8(5-15)13(10)19-7)20-12-4-11(14)16-6-17-12/h2-4,6H,5H2,1H3,(H,18,19). The lowest BCUT2D eigenvalue weighted by molar-refractivity contribution is 0.455. The number of fused-ring (bicyclic) bond motifs is 1. The Labute approximate surface area is 118 Å². The Morgan fingerprint density at radius 1 is 1.30 bits per heavy atom. The molecule has 2 aromatic heterocycles. The van der Waals surface area contributed by atoms with Crippen molar-refractivity contribution in [2.75, 3.05) is 0 Å². The number of nitrogens with one attached hydrogen (secondary N) is 1. The van der Waals surface area contributed by atoms with Crippen molar-refractivity contribution >= 4 is 22.6 Å². The molecule has 3 aromatic rings. The smallest absolute Gasteiger partial charge is 0.223 e. The fourth-order valence-corrected chi connectivity index (χ4v) is 2.07. The number of halogens is 2. The summed E-state index contributed by atoms with van der Waals surface area (Å²) in [5, 5.41) is 0.277. The van der Waals surface area contributed by atoms with E-state index in [2.05, 4.69) is 19.9 Å². The predicted molar refractivity (Wildman–Crippen MR) is 72.8 cm³/mol. The predicted octanol–water partition coefficient (Wildman–Crippen LogP) is 3.58. The third-order valence-electron chi connectivity index (χ3n) is 2.73. The molecule has 0 radical (unpaired) electrons. The van der Waals surface area contributed by atoms with E-state index in [9.17, 15) is 4.39 Å². The first kappa shape index (κ1) is 12.8. The summed E-state index contributed by atoms with van der Waals surface area (Å²) in [6.45, 7) is 1.19. The number of hydrogen-bond donors (Lipinski definition) is 1. The number of hydrogen-bond acceptors (Lipinski definition) is 4. The quantitative estimate of drug-likeness (QED) is 0.750. The van der Waals surface area contributed by atoms with Crippen LogP contribution in [0.4, 0.5) is 4.39 Å². The van der Waals surface area contributed by atoms with Crippen LogP contribution in [0.3, 0.4) is 0 Å². The summed E-state index contributed by atoms with van der Waals surface area (Å²) in [7, 11) is 0. The first-order chi connectivity index (χ1) is 9.65. The monoisotopic (exact) mass is 292 g/mol. The van der Waals surface area contributed by atoms with Gasteiger partial charge in [-0.1, -0.05) is 11.6 Å². The van der Waals surface area contributed by atoms with Gasteiger partial charge in [0.1, 0.15) is 29.7 Å². The summed E-state index contributed by atoms with van der Waals surface area (Å²) >= 11 is 5.76. The second-order valence-electron chi connectivity index (χ2n) is 4.22. The van der Waals surface area contributed by atoms with Gasteiger partial charge in [0, 0.05) is 17.7 Å². The topological polar surface area (TPSA) is 63.7 Å². The van der Waals surface area contributed by atoms with Crippen LogP contribution in [0.15, 0.2) is 24.5 Å². The summed E-state index contributed by atoms with van der Waals surface area (Å²) < 4.78 is 18.7. The molecule has 7 heteroatoms. The van der Waals surface area contributed by atoms with Crippen molar-refractivity contribution in [2.45, 2.75) is 13.6 Å². The number of nitrogens with zero attached hydrogens (tertiary/aromatic N) is 3. The molecule has 0 aliphatic carbocycles. The number of aromatic nitrogens is 4. The zero-order chi connectivity index (χ0) is 14.1. The number of imidazole rings is 1. The molecule has 0 saturated heterocycles. The Balaban J connectivity index is 2.03. The highest BCUT2D eigenvalue weighted by atomic mass is 35.5. The van der Waals surface area contributed by atoms with E-state index in [0.717, 1.165) is 5.82 Å². The van der Waals surface area contributed by atoms with E-state index in [4.69, 9.17) is 16.3 Å². The Kier molecular flexibility index (Phi) is 3.23. The number of aryl methyl sites for hydroxylation is 1. The number of benzene rings is 1. The van der Waals surface area contributed by atoms with Gasteiger partial charge in [-0.05, 0) is 13.0 Å². The lowest BCUT2D eigenvalue weighted by Crippen LogP contribution is -1.91. The molecule has 1 N–H and O–H groups in total. The Morgan fingerprint density at radius 2 is 2.15 bits per heavy atom. The van der Waals surface area contributed by atoms with Crippen molar-refractivity contribution in [3.63, 3.8) is 0 Å². The second kappa shape index (κ2) is 5.05. The van der Waals surface area contributed by atoms with Gasteiger partial charge in [0.25, 0.3) is 0 Å². The van der Waals surface area contributed by atoms with Crippen LogP contribution in [0.25, 0.3) is 11.0 Å². The molecule has 0 fully saturated rings. The van der Waals surface area contributed by atoms with Crippen molar-refractivity contribution in [2.24, 2.45) is 0 Å². The van der Waals surface area contributed by atoms with Crippen molar-refractivity contribution < 1.29 is 9.13 Å². The van der Waals surface area contributed by atoms with Crippen LogP contribution in [0, 0.1) is 6.92 Å². The van der Waals surface area contributed by atoms with E-state index in [1.807, 2.05) is 6.92 Å². The normalized spacial score (nSPS) is 10.9. The maximum Gasteiger partial charge on any atom is 0.223 e. The van der Waals surface area contributed by atoms with E-state index in [1.165, 1.54) is 12.4 Å². The number of rotatable bonds is 3. The van der Waals surface area contributed by atoms with Crippen molar-refractivity contribution in [3.8, 4) is 11.6 Å². The number of ether oxygens (including phenoxy) is 1. The van der Waals surface area contributed by atoms with Crippen LogP contribution in [0.5, 0.6) is 11.6 Å². The maximum absolute atomic E-state index is 13.1. The lowest BCUT2D eigenvalue weighted by atomic mass is 10.2. The zero-order valence-electron chi connectivity index (χ0n) is 10.5.